The first-order chi connectivity index (χ1) is 19.3. The molecular weight excluding hydrogens is 530 g/mol. The number of aliphatic carboxylic acids is 1. The van der Waals surface area contributed by atoms with E-state index in [2.05, 4.69) is 0 Å². The van der Waals surface area contributed by atoms with Crippen molar-refractivity contribution >= 4 is 41.0 Å². The van der Waals surface area contributed by atoms with Gasteiger partial charge in [0.1, 0.15) is 6.54 Å². The van der Waals surface area contributed by atoms with Gasteiger partial charge in [0.15, 0.2) is 0 Å². The first kappa shape index (κ1) is 27.1. The summed E-state index contributed by atoms with van der Waals surface area (Å²) in [7, 11) is 0. The van der Waals surface area contributed by atoms with Crippen LogP contribution in [0.4, 0.5) is 5.69 Å². The highest BCUT2D eigenvalue weighted by atomic mass is 35.5. The van der Waals surface area contributed by atoms with Gasteiger partial charge in [-0.25, -0.2) is 0 Å². The molecule has 0 saturated carbocycles. The van der Waals surface area contributed by atoms with Crippen LogP contribution in [0.25, 0.3) is 0 Å². The molecule has 40 heavy (non-hydrogen) atoms. The Morgan fingerprint density at radius 1 is 0.800 bits per heavy atom. The number of nitrogens with zero attached hydrogens (tertiary/aromatic N) is 3. The summed E-state index contributed by atoms with van der Waals surface area (Å²) < 4.78 is 0. The summed E-state index contributed by atoms with van der Waals surface area (Å²) in [6, 6.07) is 19.2. The largest absolute Gasteiger partial charge is 0.481 e. The fourth-order valence-corrected chi connectivity index (χ4v) is 5.14. The van der Waals surface area contributed by atoms with Crippen molar-refractivity contribution in [2.75, 3.05) is 24.5 Å². The van der Waals surface area contributed by atoms with Crippen LogP contribution in [0, 0.1) is 0 Å². The summed E-state index contributed by atoms with van der Waals surface area (Å²) in [5.41, 5.74) is 3.96. The summed E-state index contributed by atoms with van der Waals surface area (Å²) in [6.07, 6.45) is 4.12. The number of halogens is 1. The van der Waals surface area contributed by atoms with Crippen LogP contribution in [0.15, 0.2) is 78.9 Å². The van der Waals surface area contributed by atoms with E-state index >= 15 is 0 Å². The lowest BCUT2D eigenvalue weighted by atomic mass is 9.99. The van der Waals surface area contributed by atoms with E-state index in [0.29, 0.717) is 34.9 Å². The quantitative estimate of drug-likeness (QED) is 0.430. The zero-order valence-corrected chi connectivity index (χ0v) is 22.5. The minimum Gasteiger partial charge on any atom is -0.481 e. The molecule has 0 spiro atoms. The summed E-state index contributed by atoms with van der Waals surface area (Å²) in [5.74, 6) is -1.55. The van der Waals surface area contributed by atoms with E-state index in [-0.39, 0.29) is 50.2 Å². The van der Waals surface area contributed by atoms with Crippen molar-refractivity contribution < 1.29 is 24.3 Å². The fraction of sp³-hybridized carbons (Fsp3) is 0.226. The Kier molecular flexibility index (Phi) is 7.98. The highest BCUT2D eigenvalue weighted by Gasteiger charge is 2.31. The molecule has 0 aliphatic carbocycles. The van der Waals surface area contributed by atoms with Crippen molar-refractivity contribution in [3.8, 4) is 0 Å². The summed E-state index contributed by atoms with van der Waals surface area (Å²) in [5, 5.41) is 9.80. The molecule has 0 unspecified atom stereocenters. The topological polar surface area (TPSA) is 98.2 Å². The molecule has 0 atom stereocenters. The van der Waals surface area contributed by atoms with Gasteiger partial charge in [-0.3, -0.25) is 19.2 Å². The Morgan fingerprint density at radius 2 is 1.43 bits per heavy atom. The van der Waals surface area contributed by atoms with Gasteiger partial charge in [-0.2, -0.15) is 0 Å². The van der Waals surface area contributed by atoms with Crippen molar-refractivity contribution in [3.63, 3.8) is 0 Å². The summed E-state index contributed by atoms with van der Waals surface area (Å²) in [4.78, 5) is 56.0. The van der Waals surface area contributed by atoms with Gasteiger partial charge < -0.3 is 19.8 Å². The molecule has 3 aromatic carbocycles. The number of fused-ring (bicyclic) bond motifs is 1. The van der Waals surface area contributed by atoms with Crippen molar-refractivity contribution in [1.82, 2.24) is 9.80 Å². The Labute approximate surface area is 237 Å². The average molecular weight is 558 g/mol. The second kappa shape index (κ2) is 11.8. The monoisotopic (exact) mass is 557 g/mol. The second-order valence-corrected chi connectivity index (χ2v) is 10.3. The van der Waals surface area contributed by atoms with Gasteiger partial charge in [0, 0.05) is 47.9 Å². The lowest BCUT2D eigenvalue weighted by Crippen LogP contribution is -2.39. The molecule has 0 aromatic heterocycles. The molecule has 9 heteroatoms. The van der Waals surface area contributed by atoms with Gasteiger partial charge in [-0.15, -0.1) is 0 Å². The molecule has 8 nitrogen and oxygen atoms in total. The number of carbonyl (C=O) groups is 4. The van der Waals surface area contributed by atoms with Crippen molar-refractivity contribution in [2.24, 2.45) is 0 Å². The molecular formula is C31H28ClN3O5. The number of rotatable bonds is 7. The van der Waals surface area contributed by atoms with E-state index in [4.69, 9.17) is 11.6 Å². The number of hydrogen-bond acceptors (Lipinski definition) is 4. The minimum absolute atomic E-state index is 0.0489. The lowest BCUT2D eigenvalue weighted by molar-refractivity contribution is -0.137. The van der Waals surface area contributed by atoms with Crippen molar-refractivity contribution in [3.05, 3.63) is 112 Å². The van der Waals surface area contributed by atoms with Gasteiger partial charge in [0.25, 0.3) is 11.8 Å². The Hall–Kier alpha value is -4.43. The van der Waals surface area contributed by atoms with Crippen molar-refractivity contribution in [2.45, 2.75) is 25.9 Å². The molecule has 2 aliphatic rings. The third-order valence-electron chi connectivity index (χ3n) is 7.15. The Bertz CT molecular complexity index is 1480. The van der Waals surface area contributed by atoms with Gasteiger partial charge in [-0.05, 0) is 65.6 Å². The predicted octanol–water partition coefficient (Wildman–Crippen LogP) is 4.56. The van der Waals surface area contributed by atoms with Crippen LogP contribution >= 0.6 is 11.6 Å². The van der Waals surface area contributed by atoms with E-state index in [9.17, 15) is 24.3 Å². The highest BCUT2D eigenvalue weighted by Crippen LogP contribution is 2.31. The Balaban J connectivity index is 1.45. The molecule has 2 aliphatic heterocycles. The van der Waals surface area contributed by atoms with Crippen molar-refractivity contribution in [1.29, 1.82) is 0 Å². The summed E-state index contributed by atoms with van der Waals surface area (Å²) in [6.45, 7) is 1.43. The van der Waals surface area contributed by atoms with Crippen LogP contribution in [0.1, 0.15) is 43.8 Å². The first-order valence-electron chi connectivity index (χ1n) is 13.0. The number of carboxylic acid groups (broad SMARTS) is 1. The number of carbonyl (C=O) groups excluding carboxylic acids is 3. The van der Waals surface area contributed by atoms with Crippen LogP contribution in [0.5, 0.6) is 0 Å². The van der Waals surface area contributed by atoms with E-state index in [0.717, 1.165) is 16.7 Å². The summed E-state index contributed by atoms with van der Waals surface area (Å²) >= 11 is 6.00. The smallest absolute Gasteiger partial charge is 0.303 e. The first-order valence-corrected chi connectivity index (χ1v) is 13.4. The molecule has 204 valence electrons. The number of hydrogen-bond donors (Lipinski definition) is 1. The molecule has 3 aromatic rings. The van der Waals surface area contributed by atoms with Crippen LogP contribution in [0.3, 0.4) is 0 Å². The zero-order valence-electron chi connectivity index (χ0n) is 21.8. The van der Waals surface area contributed by atoms with Gasteiger partial charge in [0.05, 0.1) is 6.54 Å². The Morgan fingerprint density at radius 3 is 2.08 bits per heavy atom. The van der Waals surface area contributed by atoms with Crippen LogP contribution in [-0.4, -0.2) is 58.2 Å². The third-order valence-corrected chi connectivity index (χ3v) is 7.40. The van der Waals surface area contributed by atoms with E-state index in [1.807, 2.05) is 36.4 Å². The molecule has 0 fully saturated rings. The number of anilines is 1. The number of benzene rings is 3. The molecule has 1 N–H and O–H groups in total. The van der Waals surface area contributed by atoms with Gasteiger partial charge in [-0.1, -0.05) is 48.0 Å². The third kappa shape index (κ3) is 5.92. The predicted molar refractivity (Wildman–Crippen MR) is 151 cm³/mol. The average Bonchev–Trinajstić information content (AvgIpc) is 3.45. The highest BCUT2D eigenvalue weighted by molar-refractivity contribution is 6.30. The molecule has 0 saturated heterocycles. The normalized spacial score (nSPS) is 14.7. The molecule has 5 rings (SSSR count). The standard InChI is InChI=1S/C31H28ClN3O5/c32-25-13-10-24(11-14-25)31(40)34-19-26-22(12-15-29(37)38)4-3-5-27(26)35(28(36)20-34)18-21-6-8-23(9-7-21)30(39)33-16-1-2-17-33/h1-11,13-14H,12,15-20H2,(H,37,38). The minimum atomic E-state index is -0.924. The molecule has 0 radical (unpaired) electrons. The SMILES string of the molecule is O=C(O)CCc1cccc2c1CN(C(=O)c1ccc(Cl)cc1)CC(=O)N2Cc1ccc(C(=O)N2CC=CC2)cc1. The molecule has 2 heterocycles. The second-order valence-electron chi connectivity index (χ2n) is 9.84. The van der Waals surface area contributed by atoms with Gasteiger partial charge in [0.2, 0.25) is 5.91 Å². The number of carboxylic acids is 1. The van der Waals surface area contributed by atoms with E-state index in [1.54, 1.807) is 52.3 Å². The van der Waals surface area contributed by atoms with Gasteiger partial charge >= 0.3 is 5.97 Å². The maximum atomic E-state index is 13.7. The number of amides is 3. The zero-order chi connectivity index (χ0) is 28.2. The van der Waals surface area contributed by atoms with E-state index < -0.39 is 5.97 Å². The van der Waals surface area contributed by atoms with Crippen LogP contribution < -0.4 is 4.90 Å². The fourth-order valence-electron chi connectivity index (χ4n) is 5.02. The lowest BCUT2D eigenvalue weighted by Gasteiger charge is -2.24. The molecule has 0 bridgehead atoms. The maximum absolute atomic E-state index is 13.7. The van der Waals surface area contributed by atoms with E-state index in [1.165, 1.54) is 4.90 Å². The number of aryl methyl sites for hydroxylation is 1. The molecule has 3 amide bonds. The maximum Gasteiger partial charge on any atom is 0.303 e. The van der Waals surface area contributed by atoms with Crippen LogP contribution in [0.2, 0.25) is 5.02 Å². The van der Waals surface area contributed by atoms with Crippen LogP contribution in [-0.2, 0) is 29.1 Å².